The summed E-state index contributed by atoms with van der Waals surface area (Å²) in [7, 11) is 0. The van der Waals surface area contributed by atoms with Crippen LogP contribution in [-0.2, 0) is 0 Å². The van der Waals surface area contributed by atoms with Crippen molar-refractivity contribution in [2.75, 3.05) is 0 Å². The fraction of sp³-hybridized carbons (Fsp3) is 0. The fourth-order valence-electron chi connectivity index (χ4n) is 9.79. The molecular weight excluding hydrogens is 729 g/mol. The van der Waals surface area contributed by atoms with Crippen molar-refractivity contribution in [2.24, 2.45) is 0 Å². The SMILES string of the molecule is c1ccc2cc(-c3nc(-c4ccc(-n5c6cc7ccccc7cc6c6c(-n7c8ccccc8c8ccccc87)cccc65)c5ccccc45)c4ccccc4n3)ccc2c1. The number of rotatable bonds is 4. The van der Waals surface area contributed by atoms with E-state index in [9.17, 15) is 0 Å². The van der Waals surface area contributed by atoms with Gasteiger partial charge >= 0.3 is 0 Å². The second kappa shape index (κ2) is 12.7. The van der Waals surface area contributed by atoms with Crippen molar-refractivity contribution >= 4 is 86.8 Å². The van der Waals surface area contributed by atoms with E-state index < -0.39 is 0 Å². The molecule has 0 fully saturated rings. The zero-order valence-electron chi connectivity index (χ0n) is 32.4. The maximum absolute atomic E-state index is 5.39. The van der Waals surface area contributed by atoms with Crippen LogP contribution in [-0.4, -0.2) is 19.1 Å². The highest BCUT2D eigenvalue weighted by atomic mass is 15.0. The molecule has 0 saturated heterocycles. The van der Waals surface area contributed by atoms with Gasteiger partial charge in [0.05, 0.1) is 44.7 Å². The molecule has 0 unspecified atom stereocenters. The third-order valence-electron chi connectivity index (χ3n) is 12.5. The Bertz CT molecular complexity index is 3850. The van der Waals surface area contributed by atoms with Gasteiger partial charge < -0.3 is 9.13 Å². The minimum absolute atomic E-state index is 0.717. The maximum Gasteiger partial charge on any atom is 0.160 e. The molecule has 0 radical (unpaired) electrons. The van der Waals surface area contributed by atoms with Crippen LogP contribution in [0.15, 0.2) is 206 Å². The van der Waals surface area contributed by atoms with Crippen molar-refractivity contribution in [1.82, 2.24) is 19.1 Å². The van der Waals surface area contributed by atoms with Crippen LogP contribution in [0.4, 0.5) is 0 Å². The van der Waals surface area contributed by atoms with Crippen LogP contribution < -0.4 is 0 Å². The Kier molecular flexibility index (Phi) is 6.98. The monoisotopic (exact) mass is 762 g/mol. The molecule has 0 N–H and O–H groups in total. The lowest BCUT2D eigenvalue weighted by molar-refractivity contribution is 1.18. The van der Waals surface area contributed by atoms with Gasteiger partial charge in [-0.1, -0.05) is 152 Å². The molecule has 13 aromatic rings. The Balaban J connectivity index is 1.10. The van der Waals surface area contributed by atoms with E-state index in [4.69, 9.17) is 9.97 Å². The van der Waals surface area contributed by atoms with E-state index in [1.165, 1.54) is 65.3 Å². The molecule has 10 aromatic carbocycles. The molecule has 4 heteroatoms. The van der Waals surface area contributed by atoms with Gasteiger partial charge in [0.2, 0.25) is 0 Å². The fourth-order valence-corrected chi connectivity index (χ4v) is 9.79. The first kappa shape index (κ1) is 32.9. The summed E-state index contributed by atoms with van der Waals surface area (Å²) in [6, 6.07) is 74.5. The van der Waals surface area contributed by atoms with Crippen molar-refractivity contribution in [3.8, 4) is 34.0 Å². The van der Waals surface area contributed by atoms with E-state index >= 15 is 0 Å². The lowest BCUT2D eigenvalue weighted by Gasteiger charge is -2.16. The molecule has 0 aliphatic rings. The standard InChI is InChI=1S/C56H34N4/c1-2-15-36-32-39(29-28-35(36)14-1)56-57-47-23-10-7-22-45(47)55(58-56)44-30-31-50(41-19-6-5-18-40(41)44)60-52-27-13-26-51(54(52)46-33-37-16-3-4-17-38(37)34-53(46)60)59-48-24-11-8-20-42(48)43-21-9-12-25-49(43)59/h1-34H. The summed E-state index contributed by atoms with van der Waals surface area (Å²) in [6.07, 6.45) is 0. The van der Waals surface area contributed by atoms with E-state index in [1.807, 2.05) is 0 Å². The molecule has 278 valence electrons. The number of hydrogen-bond acceptors (Lipinski definition) is 2. The normalized spacial score (nSPS) is 12.0. The molecular formula is C56H34N4. The molecule has 0 spiro atoms. The number of aromatic nitrogens is 4. The summed E-state index contributed by atoms with van der Waals surface area (Å²) >= 11 is 0. The molecule has 4 nitrogen and oxygen atoms in total. The molecule has 0 bridgehead atoms. The van der Waals surface area contributed by atoms with Gasteiger partial charge in [-0.15, -0.1) is 0 Å². The average Bonchev–Trinajstić information content (AvgIpc) is 3.82. The van der Waals surface area contributed by atoms with Crippen LogP contribution >= 0.6 is 0 Å². The Morgan fingerprint density at radius 2 is 0.900 bits per heavy atom. The second-order valence-electron chi connectivity index (χ2n) is 15.7. The molecule has 3 heterocycles. The van der Waals surface area contributed by atoms with Crippen molar-refractivity contribution in [1.29, 1.82) is 0 Å². The van der Waals surface area contributed by atoms with E-state index in [1.54, 1.807) is 0 Å². The minimum atomic E-state index is 0.717. The van der Waals surface area contributed by atoms with Crippen molar-refractivity contribution in [2.45, 2.75) is 0 Å². The summed E-state index contributed by atoms with van der Waals surface area (Å²) in [5, 5.41) is 13.1. The van der Waals surface area contributed by atoms with Gasteiger partial charge in [0, 0.05) is 43.4 Å². The van der Waals surface area contributed by atoms with Crippen LogP contribution in [0.2, 0.25) is 0 Å². The van der Waals surface area contributed by atoms with E-state index in [-0.39, 0.29) is 0 Å². The van der Waals surface area contributed by atoms with Crippen LogP contribution in [0, 0.1) is 0 Å². The van der Waals surface area contributed by atoms with Gasteiger partial charge in [0.1, 0.15) is 0 Å². The molecule has 0 aliphatic carbocycles. The summed E-state index contributed by atoms with van der Waals surface area (Å²) in [5.41, 5.74) is 10.9. The van der Waals surface area contributed by atoms with Crippen LogP contribution in [0.25, 0.3) is 121 Å². The Hall–Kier alpha value is -8.08. The quantitative estimate of drug-likeness (QED) is 0.179. The van der Waals surface area contributed by atoms with Gasteiger partial charge in [0.25, 0.3) is 0 Å². The smallest absolute Gasteiger partial charge is 0.160 e. The molecule has 60 heavy (non-hydrogen) atoms. The number of para-hydroxylation sites is 3. The molecule has 0 saturated carbocycles. The third-order valence-corrected chi connectivity index (χ3v) is 12.5. The van der Waals surface area contributed by atoms with Gasteiger partial charge in [-0.3, -0.25) is 0 Å². The summed E-state index contributed by atoms with van der Waals surface area (Å²) in [5.74, 6) is 0.717. The largest absolute Gasteiger partial charge is 0.309 e. The Morgan fingerprint density at radius 1 is 0.317 bits per heavy atom. The van der Waals surface area contributed by atoms with E-state index in [0.29, 0.717) is 0 Å². The van der Waals surface area contributed by atoms with E-state index in [2.05, 4.69) is 215 Å². The zero-order chi connectivity index (χ0) is 39.3. The topological polar surface area (TPSA) is 35.6 Å². The molecule has 0 amide bonds. The highest BCUT2D eigenvalue weighted by Crippen LogP contribution is 2.44. The van der Waals surface area contributed by atoms with Gasteiger partial charge in [-0.2, -0.15) is 0 Å². The highest BCUT2D eigenvalue weighted by Gasteiger charge is 2.22. The van der Waals surface area contributed by atoms with Crippen LogP contribution in [0.1, 0.15) is 0 Å². The average molecular weight is 763 g/mol. The first-order valence-corrected chi connectivity index (χ1v) is 20.5. The summed E-state index contributed by atoms with van der Waals surface area (Å²) in [4.78, 5) is 10.5. The lowest BCUT2D eigenvalue weighted by Crippen LogP contribution is -1.99. The number of benzene rings is 10. The lowest BCUT2D eigenvalue weighted by atomic mass is 9.97. The number of hydrogen-bond donors (Lipinski definition) is 0. The van der Waals surface area contributed by atoms with Crippen molar-refractivity contribution in [3.63, 3.8) is 0 Å². The Labute approximate surface area is 344 Å². The number of nitrogens with zero attached hydrogens (tertiary/aromatic N) is 4. The van der Waals surface area contributed by atoms with Crippen LogP contribution in [0.5, 0.6) is 0 Å². The van der Waals surface area contributed by atoms with Crippen molar-refractivity contribution in [3.05, 3.63) is 206 Å². The van der Waals surface area contributed by atoms with Gasteiger partial charge in [-0.25, -0.2) is 9.97 Å². The Morgan fingerprint density at radius 3 is 1.67 bits per heavy atom. The first-order valence-electron chi connectivity index (χ1n) is 20.5. The predicted molar refractivity (Wildman–Crippen MR) is 252 cm³/mol. The molecule has 3 aromatic heterocycles. The second-order valence-corrected chi connectivity index (χ2v) is 15.7. The van der Waals surface area contributed by atoms with Gasteiger partial charge in [-0.05, 0) is 81.5 Å². The molecule has 0 atom stereocenters. The van der Waals surface area contributed by atoms with E-state index in [0.717, 1.165) is 55.5 Å². The summed E-state index contributed by atoms with van der Waals surface area (Å²) < 4.78 is 4.94. The number of fused-ring (bicyclic) bond motifs is 10. The molecule has 13 rings (SSSR count). The van der Waals surface area contributed by atoms with Crippen molar-refractivity contribution < 1.29 is 0 Å². The molecule has 0 aliphatic heterocycles. The van der Waals surface area contributed by atoms with Gasteiger partial charge in [0.15, 0.2) is 5.82 Å². The predicted octanol–water partition coefficient (Wildman–Crippen LogP) is 14.6. The zero-order valence-corrected chi connectivity index (χ0v) is 32.4. The first-order chi connectivity index (χ1) is 29.8. The third kappa shape index (κ3) is 4.79. The summed E-state index contributed by atoms with van der Waals surface area (Å²) in [6.45, 7) is 0. The maximum atomic E-state index is 5.39. The highest BCUT2D eigenvalue weighted by molar-refractivity contribution is 6.20. The minimum Gasteiger partial charge on any atom is -0.309 e. The van der Waals surface area contributed by atoms with Crippen LogP contribution in [0.3, 0.4) is 0 Å².